The van der Waals surface area contributed by atoms with E-state index in [0.717, 1.165) is 10.2 Å². The molecule has 4 nitrogen and oxygen atoms in total. The van der Waals surface area contributed by atoms with E-state index in [4.69, 9.17) is 22.1 Å². The molecule has 0 amide bonds. The van der Waals surface area contributed by atoms with Crippen molar-refractivity contribution in [2.75, 3.05) is 5.73 Å². The van der Waals surface area contributed by atoms with Crippen LogP contribution in [0.5, 0.6) is 5.75 Å². The first-order valence-electron chi connectivity index (χ1n) is 5.60. The number of nitrogen functional groups attached to an aromatic ring is 1. The number of benzene rings is 1. The SMILES string of the molecule is Nc1nc(COc2cccc(Cl)c2)nc2sccc12. The van der Waals surface area contributed by atoms with Gasteiger partial charge in [0.1, 0.15) is 23.0 Å². The minimum atomic E-state index is 0.262. The summed E-state index contributed by atoms with van der Waals surface area (Å²) >= 11 is 7.42. The maximum Gasteiger partial charge on any atom is 0.169 e. The fourth-order valence-corrected chi connectivity index (χ4v) is 2.66. The van der Waals surface area contributed by atoms with Crippen LogP contribution in [0.4, 0.5) is 5.82 Å². The molecule has 2 aromatic heterocycles. The van der Waals surface area contributed by atoms with Gasteiger partial charge in [0.25, 0.3) is 0 Å². The molecular formula is C13H10ClN3OS. The number of anilines is 1. The van der Waals surface area contributed by atoms with E-state index in [2.05, 4.69) is 9.97 Å². The molecule has 6 heteroatoms. The Morgan fingerprint density at radius 1 is 1.26 bits per heavy atom. The Labute approximate surface area is 118 Å². The number of aromatic nitrogens is 2. The lowest BCUT2D eigenvalue weighted by atomic mass is 10.3. The van der Waals surface area contributed by atoms with E-state index in [1.807, 2.05) is 23.6 Å². The highest BCUT2D eigenvalue weighted by atomic mass is 35.5. The van der Waals surface area contributed by atoms with Crippen LogP contribution >= 0.6 is 22.9 Å². The van der Waals surface area contributed by atoms with Crippen LogP contribution in [0.2, 0.25) is 5.02 Å². The Balaban J connectivity index is 1.81. The summed E-state index contributed by atoms with van der Waals surface area (Å²) in [4.78, 5) is 9.50. The normalized spacial score (nSPS) is 10.8. The van der Waals surface area contributed by atoms with Gasteiger partial charge in [0.05, 0.1) is 5.39 Å². The fraction of sp³-hybridized carbons (Fsp3) is 0.0769. The number of thiophene rings is 1. The minimum absolute atomic E-state index is 0.262. The van der Waals surface area contributed by atoms with E-state index in [9.17, 15) is 0 Å². The summed E-state index contributed by atoms with van der Waals surface area (Å²) in [5.74, 6) is 1.73. The highest BCUT2D eigenvalue weighted by Gasteiger charge is 2.07. The Morgan fingerprint density at radius 2 is 2.16 bits per heavy atom. The molecule has 96 valence electrons. The van der Waals surface area contributed by atoms with Crippen LogP contribution in [0.25, 0.3) is 10.2 Å². The second-order valence-electron chi connectivity index (χ2n) is 3.91. The zero-order valence-corrected chi connectivity index (χ0v) is 11.4. The molecule has 0 radical (unpaired) electrons. The molecular weight excluding hydrogens is 282 g/mol. The first-order valence-corrected chi connectivity index (χ1v) is 6.86. The van der Waals surface area contributed by atoms with Crippen molar-refractivity contribution in [1.82, 2.24) is 9.97 Å². The van der Waals surface area contributed by atoms with Gasteiger partial charge in [-0.25, -0.2) is 9.97 Å². The van der Waals surface area contributed by atoms with Crippen molar-refractivity contribution in [2.24, 2.45) is 0 Å². The molecule has 0 atom stereocenters. The maximum absolute atomic E-state index is 5.89. The van der Waals surface area contributed by atoms with E-state index in [1.165, 1.54) is 11.3 Å². The van der Waals surface area contributed by atoms with Crippen molar-refractivity contribution in [1.29, 1.82) is 0 Å². The van der Waals surface area contributed by atoms with E-state index >= 15 is 0 Å². The molecule has 0 saturated carbocycles. The molecule has 0 spiro atoms. The lowest BCUT2D eigenvalue weighted by Gasteiger charge is -2.06. The molecule has 0 unspecified atom stereocenters. The zero-order valence-electron chi connectivity index (χ0n) is 9.84. The summed E-state index contributed by atoms with van der Waals surface area (Å²) < 4.78 is 5.59. The number of nitrogens with two attached hydrogens (primary N) is 1. The summed E-state index contributed by atoms with van der Waals surface area (Å²) in [7, 11) is 0. The molecule has 3 rings (SSSR count). The number of ether oxygens (including phenoxy) is 1. The van der Waals surface area contributed by atoms with Crippen LogP contribution in [0.1, 0.15) is 5.82 Å². The van der Waals surface area contributed by atoms with Crippen molar-refractivity contribution < 1.29 is 4.74 Å². The molecule has 0 saturated heterocycles. The first-order chi connectivity index (χ1) is 9.22. The Bertz CT molecular complexity index is 729. The summed E-state index contributed by atoms with van der Waals surface area (Å²) in [6, 6.07) is 9.11. The topological polar surface area (TPSA) is 61.0 Å². The van der Waals surface area contributed by atoms with Gasteiger partial charge in [0, 0.05) is 5.02 Å². The molecule has 0 bridgehead atoms. The largest absolute Gasteiger partial charge is 0.486 e. The third-order valence-corrected chi connectivity index (χ3v) is 3.61. The van der Waals surface area contributed by atoms with Crippen molar-refractivity contribution >= 4 is 39.0 Å². The lowest BCUT2D eigenvalue weighted by Crippen LogP contribution is -2.04. The molecule has 0 aliphatic heterocycles. The third-order valence-electron chi connectivity index (χ3n) is 2.56. The van der Waals surface area contributed by atoms with Gasteiger partial charge < -0.3 is 10.5 Å². The van der Waals surface area contributed by atoms with Crippen LogP contribution < -0.4 is 10.5 Å². The molecule has 1 aromatic carbocycles. The van der Waals surface area contributed by atoms with E-state index in [0.29, 0.717) is 22.4 Å². The number of hydrogen-bond acceptors (Lipinski definition) is 5. The maximum atomic E-state index is 5.89. The lowest BCUT2D eigenvalue weighted by molar-refractivity contribution is 0.296. The summed E-state index contributed by atoms with van der Waals surface area (Å²) in [6.45, 7) is 0.262. The van der Waals surface area contributed by atoms with Crippen LogP contribution in [-0.2, 0) is 6.61 Å². The monoisotopic (exact) mass is 291 g/mol. The molecule has 3 aromatic rings. The van der Waals surface area contributed by atoms with Crippen molar-refractivity contribution in [3.63, 3.8) is 0 Å². The minimum Gasteiger partial charge on any atom is -0.486 e. The fourth-order valence-electron chi connectivity index (χ4n) is 1.69. The van der Waals surface area contributed by atoms with Gasteiger partial charge in [-0.1, -0.05) is 17.7 Å². The van der Waals surface area contributed by atoms with Crippen LogP contribution in [-0.4, -0.2) is 9.97 Å². The molecule has 2 N–H and O–H groups in total. The van der Waals surface area contributed by atoms with Gasteiger partial charge in [0.2, 0.25) is 0 Å². The summed E-state index contributed by atoms with van der Waals surface area (Å²) in [5.41, 5.74) is 5.87. The third kappa shape index (κ3) is 2.62. The van der Waals surface area contributed by atoms with E-state index < -0.39 is 0 Å². The Kier molecular flexibility index (Phi) is 3.23. The average Bonchev–Trinajstić information content (AvgIpc) is 2.85. The van der Waals surface area contributed by atoms with Crippen molar-refractivity contribution in [2.45, 2.75) is 6.61 Å². The number of rotatable bonds is 3. The van der Waals surface area contributed by atoms with Crippen molar-refractivity contribution in [3.8, 4) is 5.75 Å². The smallest absolute Gasteiger partial charge is 0.169 e. The van der Waals surface area contributed by atoms with Gasteiger partial charge in [-0.15, -0.1) is 11.3 Å². The number of halogens is 1. The van der Waals surface area contributed by atoms with Crippen LogP contribution in [0.3, 0.4) is 0 Å². The van der Waals surface area contributed by atoms with Gasteiger partial charge in [-0.05, 0) is 29.6 Å². The summed E-state index contributed by atoms with van der Waals surface area (Å²) in [5, 5.41) is 3.46. The van der Waals surface area contributed by atoms with E-state index in [1.54, 1.807) is 12.1 Å². The zero-order chi connectivity index (χ0) is 13.2. The highest BCUT2D eigenvalue weighted by molar-refractivity contribution is 7.16. The number of fused-ring (bicyclic) bond motifs is 1. The van der Waals surface area contributed by atoms with Crippen LogP contribution in [0.15, 0.2) is 35.7 Å². The number of hydrogen-bond donors (Lipinski definition) is 1. The standard InChI is InChI=1S/C13H10ClN3OS/c14-8-2-1-3-9(6-8)18-7-11-16-12(15)10-4-5-19-13(10)17-11/h1-6H,7H2,(H2,15,16,17). The highest BCUT2D eigenvalue weighted by Crippen LogP contribution is 2.23. The Hall–Kier alpha value is -1.85. The Morgan fingerprint density at radius 3 is 3.00 bits per heavy atom. The summed E-state index contributed by atoms with van der Waals surface area (Å²) in [6.07, 6.45) is 0. The number of nitrogens with zero attached hydrogens (tertiary/aromatic N) is 2. The van der Waals surface area contributed by atoms with Gasteiger partial charge >= 0.3 is 0 Å². The first kappa shape index (κ1) is 12.2. The molecule has 19 heavy (non-hydrogen) atoms. The second kappa shape index (κ2) is 5.03. The van der Waals surface area contributed by atoms with E-state index in [-0.39, 0.29) is 6.61 Å². The molecule has 0 aliphatic carbocycles. The predicted octanol–water partition coefficient (Wildman–Crippen LogP) is 3.51. The predicted molar refractivity (Wildman–Crippen MR) is 77.6 cm³/mol. The molecule has 0 aliphatic rings. The second-order valence-corrected chi connectivity index (χ2v) is 5.24. The van der Waals surface area contributed by atoms with Gasteiger partial charge in [0.15, 0.2) is 5.82 Å². The molecule has 0 fully saturated rings. The van der Waals surface area contributed by atoms with Gasteiger partial charge in [-0.3, -0.25) is 0 Å². The van der Waals surface area contributed by atoms with Crippen LogP contribution in [0, 0.1) is 0 Å². The van der Waals surface area contributed by atoms with Gasteiger partial charge in [-0.2, -0.15) is 0 Å². The quantitative estimate of drug-likeness (QED) is 0.802. The molecule has 2 heterocycles. The van der Waals surface area contributed by atoms with Crippen molar-refractivity contribution in [3.05, 3.63) is 46.6 Å². The average molecular weight is 292 g/mol.